The molecule has 25 heavy (non-hydrogen) atoms. The molecule has 0 aliphatic heterocycles. The minimum atomic E-state index is -4.18. The van der Waals surface area contributed by atoms with Crippen molar-refractivity contribution < 1.29 is 18.0 Å². The standard InChI is InChI=1S/C18H16F3N3O/c19-18(20,21)11-17(6-7-17)5-3-16(25)24-13-1-2-14-12(9-13)4-8-23-15(14)10-22/h1-2,4,8-9H,3,5-7,11H2,(H,24,25). The second kappa shape index (κ2) is 6.36. The van der Waals surface area contributed by atoms with E-state index in [1.54, 1.807) is 24.3 Å². The summed E-state index contributed by atoms with van der Waals surface area (Å²) in [6.45, 7) is 0. The highest BCUT2D eigenvalue weighted by atomic mass is 19.4. The lowest BCUT2D eigenvalue weighted by atomic mass is 9.95. The fourth-order valence-corrected chi connectivity index (χ4v) is 3.06. The number of rotatable bonds is 5. The number of aromatic nitrogens is 1. The van der Waals surface area contributed by atoms with E-state index in [9.17, 15) is 18.0 Å². The summed E-state index contributed by atoms with van der Waals surface area (Å²) >= 11 is 0. The smallest absolute Gasteiger partial charge is 0.326 e. The van der Waals surface area contributed by atoms with E-state index in [1.165, 1.54) is 6.20 Å². The third-order valence-corrected chi connectivity index (χ3v) is 4.57. The van der Waals surface area contributed by atoms with Gasteiger partial charge in [-0.1, -0.05) is 0 Å². The van der Waals surface area contributed by atoms with E-state index in [0.29, 0.717) is 29.6 Å². The molecule has 1 N–H and O–H groups in total. The number of hydrogen-bond donors (Lipinski definition) is 1. The van der Waals surface area contributed by atoms with Crippen LogP contribution in [0.15, 0.2) is 30.5 Å². The van der Waals surface area contributed by atoms with Crippen LogP contribution in [-0.2, 0) is 4.79 Å². The molecule has 1 aromatic heterocycles. The van der Waals surface area contributed by atoms with E-state index in [0.717, 1.165) is 5.39 Å². The summed E-state index contributed by atoms with van der Waals surface area (Å²) in [5, 5.41) is 13.2. The number of halogens is 3. The van der Waals surface area contributed by atoms with Crippen LogP contribution in [0.4, 0.5) is 18.9 Å². The van der Waals surface area contributed by atoms with E-state index >= 15 is 0 Å². The highest BCUT2D eigenvalue weighted by molar-refractivity contribution is 5.95. The Balaban J connectivity index is 1.62. The fourth-order valence-electron chi connectivity index (χ4n) is 3.06. The molecule has 0 atom stereocenters. The molecule has 3 rings (SSSR count). The summed E-state index contributed by atoms with van der Waals surface area (Å²) in [5.74, 6) is -0.303. The SMILES string of the molecule is N#Cc1nccc2cc(NC(=O)CCC3(CC(F)(F)F)CC3)ccc12. The molecule has 1 fully saturated rings. The number of anilines is 1. The number of nitrogens with one attached hydrogen (secondary N) is 1. The number of fused-ring (bicyclic) bond motifs is 1. The Bertz CT molecular complexity index is 851. The molecule has 130 valence electrons. The van der Waals surface area contributed by atoms with Crippen LogP contribution >= 0.6 is 0 Å². The number of amides is 1. The molecule has 1 heterocycles. The molecule has 2 aromatic rings. The minimum Gasteiger partial charge on any atom is -0.326 e. The summed E-state index contributed by atoms with van der Waals surface area (Å²) in [7, 11) is 0. The van der Waals surface area contributed by atoms with Crippen LogP contribution in [-0.4, -0.2) is 17.1 Å². The van der Waals surface area contributed by atoms with E-state index in [-0.39, 0.29) is 18.7 Å². The lowest BCUT2D eigenvalue weighted by Gasteiger charge is -2.17. The Morgan fingerprint density at radius 3 is 2.72 bits per heavy atom. The Morgan fingerprint density at radius 1 is 1.32 bits per heavy atom. The van der Waals surface area contributed by atoms with Crippen LogP contribution in [0.2, 0.25) is 0 Å². The molecule has 1 aliphatic rings. The number of nitrogens with zero attached hydrogens (tertiary/aromatic N) is 2. The normalized spacial score (nSPS) is 15.6. The van der Waals surface area contributed by atoms with Crippen LogP contribution in [0, 0.1) is 16.7 Å². The van der Waals surface area contributed by atoms with Crippen molar-refractivity contribution >= 4 is 22.4 Å². The molecule has 1 aliphatic carbocycles. The molecule has 7 heteroatoms. The average Bonchev–Trinajstić information content (AvgIpc) is 3.30. The minimum absolute atomic E-state index is 0.0634. The van der Waals surface area contributed by atoms with Gasteiger partial charge in [-0.2, -0.15) is 18.4 Å². The van der Waals surface area contributed by atoms with Crippen molar-refractivity contribution in [1.29, 1.82) is 5.26 Å². The molecular weight excluding hydrogens is 331 g/mol. The maximum atomic E-state index is 12.5. The van der Waals surface area contributed by atoms with Gasteiger partial charge in [0.15, 0.2) is 0 Å². The number of benzene rings is 1. The molecule has 0 unspecified atom stereocenters. The van der Waals surface area contributed by atoms with Gasteiger partial charge < -0.3 is 5.32 Å². The van der Waals surface area contributed by atoms with E-state index in [4.69, 9.17) is 5.26 Å². The van der Waals surface area contributed by atoms with Gasteiger partial charge >= 0.3 is 6.18 Å². The highest BCUT2D eigenvalue weighted by Gasteiger charge is 2.50. The molecule has 1 aromatic carbocycles. The Morgan fingerprint density at radius 2 is 2.08 bits per heavy atom. The maximum absolute atomic E-state index is 12.5. The van der Waals surface area contributed by atoms with Gasteiger partial charge in [0, 0.05) is 30.1 Å². The second-order valence-corrected chi connectivity index (χ2v) is 6.55. The van der Waals surface area contributed by atoms with Crippen LogP contribution in [0.25, 0.3) is 10.8 Å². The largest absolute Gasteiger partial charge is 0.389 e. The molecule has 0 bridgehead atoms. The van der Waals surface area contributed by atoms with E-state index < -0.39 is 18.0 Å². The van der Waals surface area contributed by atoms with Crippen LogP contribution in [0.1, 0.15) is 37.8 Å². The maximum Gasteiger partial charge on any atom is 0.389 e. The van der Waals surface area contributed by atoms with Crippen molar-refractivity contribution in [2.75, 3.05) is 5.32 Å². The number of carbonyl (C=O) groups is 1. The number of alkyl halides is 3. The van der Waals surface area contributed by atoms with Crippen molar-refractivity contribution in [2.24, 2.45) is 5.41 Å². The number of carbonyl (C=O) groups excluding carboxylic acids is 1. The summed E-state index contributed by atoms with van der Waals surface area (Å²) in [5.41, 5.74) is 0.109. The van der Waals surface area contributed by atoms with Gasteiger partial charge in [-0.05, 0) is 54.3 Å². The molecule has 0 radical (unpaired) electrons. The van der Waals surface area contributed by atoms with Crippen molar-refractivity contribution in [1.82, 2.24) is 4.98 Å². The van der Waals surface area contributed by atoms with Gasteiger partial charge in [0.05, 0.1) is 0 Å². The highest BCUT2D eigenvalue weighted by Crippen LogP contribution is 2.56. The zero-order chi connectivity index (χ0) is 18.1. The molecule has 1 amide bonds. The monoisotopic (exact) mass is 347 g/mol. The van der Waals surface area contributed by atoms with Gasteiger partial charge in [-0.25, -0.2) is 4.98 Å². The van der Waals surface area contributed by atoms with Crippen molar-refractivity contribution in [2.45, 2.75) is 38.3 Å². The average molecular weight is 347 g/mol. The summed E-state index contributed by atoms with van der Waals surface area (Å²) in [6, 6.07) is 8.81. The van der Waals surface area contributed by atoms with Gasteiger partial charge in [-0.3, -0.25) is 4.79 Å². The van der Waals surface area contributed by atoms with Gasteiger partial charge in [0.25, 0.3) is 0 Å². The first-order valence-corrected chi connectivity index (χ1v) is 7.96. The quantitative estimate of drug-likeness (QED) is 0.862. The lowest BCUT2D eigenvalue weighted by Crippen LogP contribution is -2.19. The molecule has 1 saturated carbocycles. The summed E-state index contributed by atoms with van der Waals surface area (Å²) in [6.07, 6.45) is -2.12. The number of nitriles is 1. The molecule has 0 saturated heterocycles. The predicted octanol–water partition coefficient (Wildman–Crippen LogP) is 4.56. The Hall–Kier alpha value is -2.62. The van der Waals surface area contributed by atoms with Gasteiger partial charge in [0.2, 0.25) is 5.91 Å². The Kier molecular flexibility index (Phi) is 4.38. The second-order valence-electron chi connectivity index (χ2n) is 6.55. The first kappa shape index (κ1) is 17.2. The van der Waals surface area contributed by atoms with E-state index in [2.05, 4.69) is 10.3 Å². The predicted molar refractivity (Wildman–Crippen MR) is 86.7 cm³/mol. The topological polar surface area (TPSA) is 65.8 Å². The van der Waals surface area contributed by atoms with Crippen molar-refractivity contribution in [3.05, 3.63) is 36.2 Å². The third-order valence-electron chi connectivity index (χ3n) is 4.57. The molecule has 4 nitrogen and oxygen atoms in total. The van der Waals surface area contributed by atoms with Crippen molar-refractivity contribution in [3.63, 3.8) is 0 Å². The lowest BCUT2D eigenvalue weighted by molar-refractivity contribution is -0.148. The third kappa shape index (κ3) is 4.27. The molecule has 0 spiro atoms. The first-order chi connectivity index (χ1) is 11.8. The number of hydrogen-bond acceptors (Lipinski definition) is 3. The van der Waals surface area contributed by atoms with Gasteiger partial charge in [-0.15, -0.1) is 0 Å². The van der Waals surface area contributed by atoms with Gasteiger partial charge in [0.1, 0.15) is 11.8 Å². The van der Waals surface area contributed by atoms with Crippen LogP contribution in [0.5, 0.6) is 0 Å². The first-order valence-electron chi connectivity index (χ1n) is 7.96. The number of pyridine rings is 1. The van der Waals surface area contributed by atoms with Crippen LogP contribution in [0.3, 0.4) is 0 Å². The zero-order valence-corrected chi connectivity index (χ0v) is 13.4. The Labute approximate surface area is 142 Å². The van der Waals surface area contributed by atoms with Crippen LogP contribution < -0.4 is 5.32 Å². The van der Waals surface area contributed by atoms with Crippen molar-refractivity contribution in [3.8, 4) is 6.07 Å². The molecular formula is C18H16F3N3O. The summed E-state index contributed by atoms with van der Waals surface area (Å²) in [4.78, 5) is 16.0. The summed E-state index contributed by atoms with van der Waals surface area (Å²) < 4.78 is 37.6. The zero-order valence-electron chi connectivity index (χ0n) is 13.4. The van der Waals surface area contributed by atoms with E-state index in [1.807, 2.05) is 6.07 Å². The fraction of sp³-hybridized carbons (Fsp3) is 0.389.